The molecule has 2 fully saturated rings. The smallest absolute Gasteiger partial charge is 0.419 e. The number of alkyl halides is 6. The molecule has 2 aliphatic rings. The predicted molar refractivity (Wildman–Crippen MR) is 390 cm³/mol. The third-order valence-corrected chi connectivity index (χ3v) is 18.5. The van der Waals surface area contributed by atoms with Crippen LogP contribution in [0.1, 0.15) is 177 Å². The van der Waals surface area contributed by atoms with E-state index in [2.05, 4.69) is 14.5 Å². The van der Waals surface area contributed by atoms with Gasteiger partial charge in [-0.3, -0.25) is 24.0 Å². The van der Waals surface area contributed by atoms with Crippen molar-refractivity contribution in [2.24, 2.45) is 17.6 Å². The summed E-state index contributed by atoms with van der Waals surface area (Å²) in [4.78, 5) is 80.5. The van der Waals surface area contributed by atoms with Crippen molar-refractivity contribution >= 4 is 73.9 Å². The van der Waals surface area contributed by atoms with Gasteiger partial charge in [-0.05, 0) is 224 Å². The number of aromatic nitrogens is 2. The van der Waals surface area contributed by atoms with E-state index in [1.807, 2.05) is 41.5 Å². The molecule has 8 rings (SSSR count). The number of carboxylic acids is 1. The number of ketones is 1. The van der Waals surface area contributed by atoms with Crippen LogP contribution in [0.25, 0.3) is 22.3 Å². The summed E-state index contributed by atoms with van der Waals surface area (Å²) in [5, 5.41) is 10.1. The van der Waals surface area contributed by atoms with Crippen molar-refractivity contribution in [2.75, 3.05) is 52.5 Å². The van der Waals surface area contributed by atoms with Crippen molar-refractivity contribution in [1.29, 1.82) is 0 Å². The topological polar surface area (TPSA) is 183 Å². The number of Topliss-reactive ketones (excluding diaryl/α,β-unsaturated/α-hetero) is 1. The fourth-order valence-electron chi connectivity index (χ4n) is 12.8. The lowest BCUT2D eigenvalue weighted by Crippen LogP contribution is -2.38. The zero-order valence-corrected chi connectivity index (χ0v) is 63.4. The standard InChI is InChI=1S/C38H44ClF5N2O4.C20H19ClF5NO2.C17H26N2O3.2H2S/c1-7-50-33(49)18-26(35-36(40)28(19-29(37(35)41)38(42,43)44)34-23(5)14-27(39)15-24(34)6)17-31(47)30(13-21(2)3)46-20-25(22(4)16-32(46)48)9-12-45-10-8-11-45;1-4-29-15(28)8-14(27)17-18(22)12(7-13(19(17)23)20(24,25)26)16-9(2)5-11(21)6-10(16)3;1-12(2)9-15(17(21)22)19-11-14(13(3)10-16(19)20)5-8-18-6-4-7-18;;/h14-16,19-21,26,30H,7-13,17-18H2,1-6H3;5-7,14H,4,8,27H2,1-3H3;10-12,15H,4-9H2,1-3H3,(H,21,22);2*1H2/t26-,30?;14-;;;/m00.../s1. The number of likely N-dealkylation sites (tertiary alicyclic amines) is 2. The number of carbonyl (C=O) groups excluding carboxylic acids is 3. The Morgan fingerprint density at radius 2 is 0.893 bits per heavy atom. The van der Waals surface area contributed by atoms with Gasteiger partial charge >= 0.3 is 30.3 Å². The largest absolute Gasteiger partial charge is 0.480 e. The highest BCUT2D eigenvalue weighted by atomic mass is 35.5. The maximum atomic E-state index is 16.7. The zero-order valence-electron chi connectivity index (χ0n) is 59.9. The molecule has 0 bridgehead atoms. The van der Waals surface area contributed by atoms with Crippen molar-refractivity contribution in [1.82, 2.24) is 18.9 Å². The number of pyridine rings is 2. The fourth-order valence-corrected chi connectivity index (χ4v) is 13.5. The van der Waals surface area contributed by atoms with Gasteiger partial charge in [0, 0.05) is 88.3 Å². The van der Waals surface area contributed by atoms with Gasteiger partial charge in [0.05, 0.1) is 43.2 Å². The van der Waals surface area contributed by atoms with Crippen LogP contribution in [0.15, 0.2) is 70.5 Å². The molecule has 0 aliphatic carbocycles. The Morgan fingerprint density at radius 3 is 1.24 bits per heavy atom. The van der Waals surface area contributed by atoms with Crippen LogP contribution in [-0.2, 0) is 53.8 Å². The Morgan fingerprint density at radius 1 is 0.534 bits per heavy atom. The van der Waals surface area contributed by atoms with E-state index in [0.717, 1.165) is 74.4 Å². The summed E-state index contributed by atoms with van der Waals surface area (Å²) < 4.78 is 159. The molecule has 0 spiro atoms. The van der Waals surface area contributed by atoms with E-state index >= 15 is 13.2 Å². The van der Waals surface area contributed by atoms with Crippen LogP contribution in [0.2, 0.25) is 10.0 Å². The second kappa shape index (κ2) is 38.5. The molecule has 28 heteroatoms. The fraction of sp³-hybridized carbons (Fsp3) is 0.493. The van der Waals surface area contributed by atoms with E-state index < -0.39 is 142 Å². The maximum Gasteiger partial charge on any atom is 0.419 e. The summed E-state index contributed by atoms with van der Waals surface area (Å²) in [6.45, 7) is 26.4. The molecule has 0 radical (unpaired) electrons. The minimum absolute atomic E-state index is 0. The Labute approximate surface area is 618 Å². The van der Waals surface area contributed by atoms with Gasteiger partial charge < -0.3 is 39.2 Å². The zero-order chi connectivity index (χ0) is 75.4. The normalized spacial score (nSPS) is 14.3. The number of nitrogens with two attached hydrogens (primary N) is 1. The lowest BCUT2D eigenvalue weighted by atomic mass is 9.83. The van der Waals surface area contributed by atoms with Crippen LogP contribution < -0.4 is 16.9 Å². The van der Waals surface area contributed by atoms with Crippen LogP contribution >= 0.6 is 50.2 Å². The van der Waals surface area contributed by atoms with E-state index in [1.165, 1.54) is 73.6 Å². The molecule has 0 amide bonds. The molecule has 4 atom stereocenters. The van der Waals surface area contributed by atoms with Crippen molar-refractivity contribution in [2.45, 2.75) is 177 Å². The van der Waals surface area contributed by atoms with Crippen molar-refractivity contribution in [3.63, 3.8) is 0 Å². The van der Waals surface area contributed by atoms with E-state index in [1.54, 1.807) is 32.3 Å². The van der Waals surface area contributed by atoms with Gasteiger partial charge in [0.25, 0.3) is 11.1 Å². The quantitative estimate of drug-likeness (QED) is 0.0388. The first-order chi connectivity index (χ1) is 47.2. The summed E-state index contributed by atoms with van der Waals surface area (Å²) in [7, 11) is 0. The second-order valence-corrected chi connectivity index (χ2v) is 27.7. The van der Waals surface area contributed by atoms with Crippen molar-refractivity contribution < 1.29 is 77.7 Å². The second-order valence-electron chi connectivity index (χ2n) is 26.8. The number of carboxylic acid groups (broad SMARTS) is 1. The van der Waals surface area contributed by atoms with Gasteiger partial charge in [-0.1, -0.05) is 50.9 Å². The van der Waals surface area contributed by atoms with Crippen molar-refractivity contribution in [3.8, 4) is 22.3 Å². The molecule has 0 saturated carbocycles. The van der Waals surface area contributed by atoms with Gasteiger partial charge in [0.2, 0.25) is 0 Å². The molecule has 14 nitrogen and oxygen atoms in total. The number of carbonyl (C=O) groups is 4. The molecule has 2 saturated heterocycles. The number of halogens is 12. The highest BCUT2D eigenvalue weighted by Gasteiger charge is 2.42. The maximum absolute atomic E-state index is 16.7. The number of nitrogens with zero attached hydrogens (tertiary/aromatic N) is 4. The molecule has 2 unspecified atom stereocenters. The number of aryl methyl sites for hydroxylation is 6. The first kappa shape index (κ1) is 88.7. The van der Waals surface area contributed by atoms with Gasteiger partial charge in [-0.2, -0.15) is 53.3 Å². The number of esters is 2. The summed E-state index contributed by atoms with van der Waals surface area (Å²) >= 11 is 12.1. The molecule has 4 heterocycles. The third-order valence-electron chi connectivity index (χ3n) is 18.1. The summed E-state index contributed by atoms with van der Waals surface area (Å²) in [6.07, 6.45) is -4.62. The SMILES string of the molecule is CCOC(=O)C[C@H](CC(=O)C(CC(C)C)n1cc(CCN2CCC2)c(C)cc1=O)c1c(F)c(-c2c(C)cc(Cl)cc2C)cc(C(F)(F)F)c1F.CCOC(=O)C[C@H](N)c1c(F)c(-c2c(C)cc(Cl)cc2C)cc(C(F)(F)F)c1F.Cc1cc(=O)n(C(CC(C)C)C(=O)O)cc1CCN1CCC1.S.S. The predicted octanol–water partition coefficient (Wildman–Crippen LogP) is 17.1. The molecule has 6 aromatic rings. The number of aliphatic carboxylic acids is 1. The summed E-state index contributed by atoms with van der Waals surface area (Å²) in [6, 6.07) is 6.10. The molecule has 568 valence electrons. The van der Waals surface area contributed by atoms with Crippen LogP contribution in [0.3, 0.4) is 0 Å². The molecule has 2 aromatic heterocycles. The lowest BCUT2D eigenvalue weighted by Gasteiger charge is -2.31. The Balaban J connectivity index is 0.000000358. The lowest BCUT2D eigenvalue weighted by molar-refractivity contribution is -0.144. The minimum atomic E-state index is -5.24. The molecule has 103 heavy (non-hydrogen) atoms. The van der Waals surface area contributed by atoms with Crippen LogP contribution in [0.5, 0.6) is 0 Å². The number of benzene rings is 4. The van der Waals surface area contributed by atoms with Gasteiger partial charge in [-0.15, -0.1) is 0 Å². The molecule has 2 aliphatic heterocycles. The molecule has 4 aromatic carbocycles. The number of hydrogen-bond donors (Lipinski definition) is 2. The molecular formula is C75H93Cl2F10N5O9S2. The highest BCUT2D eigenvalue weighted by molar-refractivity contribution is 7.59. The number of rotatable bonds is 26. The first-order valence-corrected chi connectivity index (χ1v) is 34.4. The third kappa shape index (κ3) is 23.2. The van der Waals surface area contributed by atoms with E-state index in [4.69, 9.17) is 33.7 Å². The van der Waals surface area contributed by atoms with Gasteiger partial charge in [-0.25, -0.2) is 22.4 Å². The Bertz CT molecular complexity index is 4080. The number of hydrogen-bond acceptors (Lipinski definition) is 11. The average molecular weight is 1530 g/mol. The first-order valence-electron chi connectivity index (χ1n) is 33.6. The van der Waals surface area contributed by atoms with Crippen LogP contribution in [0, 0.1) is 76.6 Å². The Kier molecular flexibility index (Phi) is 33.2. The number of ether oxygens (including phenoxy) is 2. The Hall–Kier alpha value is -6.68. The molecular weight excluding hydrogens is 1440 g/mol. The molecule has 3 N–H and O–H groups in total. The van der Waals surface area contributed by atoms with Crippen LogP contribution in [-0.4, -0.2) is 100 Å². The van der Waals surface area contributed by atoms with E-state index in [-0.39, 0.29) is 80.2 Å². The van der Waals surface area contributed by atoms with Crippen molar-refractivity contribution in [3.05, 3.63) is 182 Å². The van der Waals surface area contributed by atoms with Gasteiger partial charge in [0.1, 0.15) is 29.3 Å². The summed E-state index contributed by atoms with van der Waals surface area (Å²) in [5.74, 6) is -11.3. The van der Waals surface area contributed by atoms with E-state index in [0.29, 0.717) is 52.3 Å². The average Bonchev–Trinajstić information content (AvgIpc) is 0.759. The van der Waals surface area contributed by atoms with Crippen LogP contribution in [0.4, 0.5) is 43.9 Å². The minimum Gasteiger partial charge on any atom is -0.480 e. The summed E-state index contributed by atoms with van der Waals surface area (Å²) in [5.41, 5.74) is 3.92. The van der Waals surface area contributed by atoms with E-state index in [9.17, 15) is 64.6 Å². The van der Waals surface area contributed by atoms with Gasteiger partial charge in [0.15, 0.2) is 5.78 Å². The highest BCUT2D eigenvalue weighted by Crippen LogP contribution is 2.46. The monoisotopic (exact) mass is 1530 g/mol.